The molecule has 0 atom stereocenters. The first-order valence-corrected chi connectivity index (χ1v) is 9.96. The van der Waals surface area contributed by atoms with E-state index in [2.05, 4.69) is 24.5 Å². The van der Waals surface area contributed by atoms with Gasteiger partial charge in [0.05, 0.1) is 11.1 Å². The van der Waals surface area contributed by atoms with Crippen LogP contribution in [-0.4, -0.2) is 25.1 Å². The van der Waals surface area contributed by atoms with E-state index in [1.165, 1.54) is 0 Å². The molecule has 1 heterocycles. The lowest BCUT2D eigenvalue weighted by atomic mass is 9.92. The third kappa shape index (κ3) is 5.01. The number of carbonyl (C=O) groups excluding carboxylic acids is 2. The Morgan fingerprint density at radius 3 is 2.41 bits per heavy atom. The van der Waals surface area contributed by atoms with Crippen LogP contribution in [0.3, 0.4) is 0 Å². The fourth-order valence-electron chi connectivity index (χ4n) is 3.10. The van der Waals surface area contributed by atoms with Gasteiger partial charge in [-0.05, 0) is 62.2 Å². The van der Waals surface area contributed by atoms with Gasteiger partial charge >= 0.3 is 6.03 Å². The number of rotatable bonds is 4. The van der Waals surface area contributed by atoms with Crippen LogP contribution in [0.25, 0.3) is 0 Å². The molecule has 0 spiro atoms. The van der Waals surface area contributed by atoms with E-state index in [-0.39, 0.29) is 17.9 Å². The summed E-state index contributed by atoms with van der Waals surface area (Å²) in [6.07, 6.45) is 0. The first-order valence-electron chi connectivity index (χ1n) is 9.58. The smallest absolute Gasteiger partial charge is 0.323 e. The van der Waals surface area contributed by atoms with Crippen LogP contribution in [0.2, 0.25) is 5.02 Å². The Labute approximate surface area is 176 Å². The highest BCUT2D eigenvalue weighted by molar-refractivity contribution is 6.30. The molecule has 2 aromatic rings. The molecule has 0 unspecified atom stereocenters. The number of benzene rings is 2. The lowest BCUT2D eigenvalue weighted by molar-refractivity contribution is -0.127. The summed E-state index contributed by atoms with van der Waals surface area (Å²) in [5.74, 6) is 0.923. The van der Waals surface area contributed by atoms with Gasteiger partial charge in [-0.1, -0.05) is 25.4 Å². The fraction of sp³-hybridized carbons (Fsp3) is 0.364. The molecule has 0 saturated heterocycles. The van der Waals surface area contributed by atoms with Crippen molar-refractivity contribution in [3.8, 4) is 5.75 Å². The van der Waals surface area contributed by atoms with E-state index < -0.39 is 5.41 Å². The van der Waals surface area contributed by atoms with Crippen molar-refractivity contribution in [1.29, 1.82) is 0 Å². The number of amides is 3. The van der Waals surface area contributed by atoms with E-state index >= 15 is 0 Å². The molecule has 0 fully saturated rings. The van der Waals surface area contributed by atoms with Crippen molar-refractivity contribution in [2.45, 2.75) is 27.7 Å². The van der Waals surface area contributed by atoms with Crippen LogP contribution in [0.5, 0.6) is 5.75 Å². The second-order valence-corrected chi connectivity index (χ2v) is 8.69. The van der Waals surface area contributed by atoms with Gasteiger partial charge < -0.3 is 20.3 Å². The summed E-state index contributed by atoms with van der Waals surface area (Å²) in [6, 6.07) is 11.8. The highest BCUT2D eigenvalue weighted by atomic mass is 35.5. The third-order valence-electron chi connectivity index (χ3n) is 4.57. The molecule has 0 aromatic heterocycles. The molecule has 1 aliphatic rings. The molecule has 2 aromatic carbocycles. The number of ether oxygens (including phenoxy) is 1. The van der Waals surface area contributed by atoms with Crippen molar-refractivity contribution >= 4 is 40.6 Å². The Kier molecular flexibility index (Phi) is 6.03. The molecular formula is C22H26ClN3O3. The van der Waals surface area contributed by atoms with Gasteiger partial charge in [0.15, 0.2) is 0 Å². The standard InChI is InChI=1S/C22H26ClN3O3/c1-14(2)12-26-18-11-17(9-10-19(18)29-13-22(3,4)20(26)27)25-21(28)24-16-7-5-15(23)6-8-16/h5-11,14H,12-13H2,1-4H3,(H2,24,25,28). The van der Waals surface area contributed by atoms with E-state index in [0.717, 1.165) is 0 Å². The van der Waals surface area contributed by atoms with Crippen LogP contribution in [0.4, 0.5) is 21.9 Å². The number of hydrogen-bond donors (Lipinski definition) is 2. The molecule has 2 N–H and O–H groups in total. The lowest BCUT2D eigenvalue weighted by Crippen LogP contribution is -2.43. The Morgan fingerprint density at radius 2 is 1.76 bits per heavy atom. The maximum absolute atomic E-state index is 13.1. The minimum Gasteiger partial charge on any atom is -0.490 e. The van der Waals surface area contributed by atoms with E-state index in [0.29, 0.717) is 41.0 Å². The number of nitrogens with one attached hydrogen (secondary N) is 2. The van der Waals surface area contributed by atoms with Crippen LogP contribution >= 0.6 is 11.6 Å². The largest absolute Gasteiger partial charge is 0.490 e. The summed E-state index contributed by atoms with van der Waals surface area (Å²) in [7, 11) is 0. The van der Waals surface area contributed by atoms with Gasteiger partial charge in [-0.15, -0.1) is 0 Å². The molecule has 0 saturated carbocycles. The van der Waals surface area contributed by atoms with Gasteiger partial charge in [0.1, 0.15) is 12.4 Å². The van der Waals surface area contributed by atoms with Crippen LogP contribution in [0, 0.1) is 11.3 Å². The molecule has 154 valence electrons. The van der Waals surface area contributed by atoms with Gasteiger partial charge in [0.25, 0.3) is 0 Å². The number of fused-ring (bicyclic) bond motifs is 1. The zero-order valence-electron chi connectivity index (χ0n) is 17.1. The van der Waals surface area contributed by atoms with Crippen LogP contribution < -0.4 is 20.3 Å². The van der Waals surface area contributed by atoms with E-state index in [9.17, 15) is 9.59 Å². The first-order chi connectivity index (χ1) is 13.7. The highest BCUT2D eigenvalue weighted by Crippen LogP contribution is 2.38. The predicted octanol–water partition coefficient (Wildman–Crippen LogP) is 5.39. The first kappa shape index (κ1) is 21.0. The molecule has 1 aliphatic heterocycles. The zero-order chi connectivity index (χ0) is 21.2. The summed E-state index contributed by atoms with van der Waals surface area (Å²) in [5.41, 5.74) is 1.23. The Balaban J connectivity index is 1.83. The third-order valence-corrected chi connectivity index (χ3v) is 4.82. The van der Waals surface area contributed by atoms with Crippen molar-refractivity contribution in [2.24, 2.45) is 11.3 Å². The number of hydrogen-bond acceptors (Lipinski definition) is 3. The number of nitrogens with zero attached hydrogens (tertiary/aromatic N) is 1. The Morgan fingerprint density at radius 1 is 1.14 bits per heavy atom. The minimum absolute atomic E-state index is 0.00714. The van der Waals surface area contributed by atoms with Crippen molar-refractivity contribution in [3.05, 3.63) is 47.5 Å². The second-order valence-electron chi connectivity index (χ2n) is 8.25. The van der Waals surface area contributed by atoms with Gasteiger partial charge in [-0.2, -0.15) is 0 Å². The molecule has 7 heteroatoms. The topological polar surface area (TPSA) is 70.7 Å². The van der Waals surface area contributed by atoms with E-state index in [1.54, 1.807) is 47.4 Å². The maximum Gasteiger partial charge on any atom is 0.323 e. The van der Waals surface area contributed by atoms with Crippen molar-refractivity contribution in [1.82, 2.24) is 0 Å². The van der Waals surface area contributed by atoms with E-state index in [1.807, 2.05) is 13.8 Å². The Bertz CT molecular complexity index is 910. The lowest BCUT2D eigenvalue weighted by Gasteiger charge is -2.29. The molecule has 29 heavy (non-hydrogen) atoms. The SMILES string of the molecule is CC(C)CN1C(=O)C(C)(C)COc2ccc(NC(=O)Nc3ccc(Cl)cc3)cc21. The average Bonchev–Trinajstić information content (AvgIpc) is 2.74. The van der Waals surface area contributed by atoms with Gasteiger partial charge in [0, 0.05) is 22.9 Å². The van der Waals surface area contributed by atoms with Gasteiger partial charge in [-0.25, -0.2) is 4.79 Å². The summed E-state index contributed by atoms with van der Waals surface area (Å²) < 4.78 is 5.91. The molecule has 0 aliphatic carbocycles. The minimum atomic E-state index is -0.631. The molecule has 3 rings (SSSR count). The molecule has 6 nitrogen and oxygen atoms in total. The zero-order valence-corrected chi connectivity index (χ0v) is 17.8. The Hall–Kier alpha value is -2.73. The highest BCUT2D eigenvalue weighted by Gasteiger charge is 2.38. The normalized spacial score (nSPS) is 15.4. The van der Waals surface area contributed by atoms with Crippen LogP contribution in [-0.2, 0) is 4.79 Å². The summed E-state index contributed by atoms with van der Waals surface area (Å²) in [4.78, 5) is 27.2. The van der Waals surface area contributed by atoms with E-state index in [4.69, 9.17) is 16.3 Å². The van der Waals surface area contributed by atoms with Crippen LogP contribution in [0.15, 0.2) is 42.5 Å². The van der Waals surface area contributed by atoms with Gasteiger partial charge in [-0.3, -0.25) is 4.79 Å². The summed E-state index contributed by atoms with van der Waals surface area (Å²) in [5, 5.41) is 6.16. The second kappa shape index (κ2) is 8.33. The van der Waals surface area contributed by atoms with Crippen molar-refractivity contribution < 1.29 is 14.3 Å². The number of carbonyl (C=O) groups is 2. The summed E-state index contributed by atoms with van der Waals surface area (Å²) >= 11 is 5.87. The van der Waals surface area contributed by atoms with Crippen molar-refractivity contribution in [2.75, 3.05) is 28.7 Å². The monoisotopic (exact) mass is 415 g/mol. The molecular weight excluding hydrogens is 390 g/mol. The average molecular weight is 416 g/mol. The number of halogens is 1. The predicted molar refractivity (Wildman–Crippen MR) is 117 cm³/mol. The molecule has 0 radical (unpaired) electrons. The van der Waals surface area contributed by atoms with Gasteiger partial charge in [0.2, 0.25) is 5.91 Å². The molecule has 3 amide bonds. The number of anilines is 3. The van der Waals surface area contributed by atoms with Crippen molar-refractivity contribution in [3.63, 3.8) is 0 Å². The van der Waals surface area contributed by atoms with Crippen LogP contribution in [0.1, 0.15) is 27.7 Å². The quantitative estimate of drug-likeness (QED) is 0.703. The summed E-state index contributed by atoms with van der Waals surface area (Å²) in [6.45, 7) is 8.76. The maximum atomic E-state index is 13.1. The number of urea groups is 1. The molecule has 0 bridgehead atoms. The fourth-order valence-corrected chi connectivity index (χ4v) is 3.22.